The first-order valence-electron chi connectivity index (χ1n) is 6.18. The van der Waals surface area contributed by atoms with Crippen LogP contribution in [-0.4, -0.2) is 19.6 Å². The first-order chi connectivity index (χ1) is 8.49. The monoisotopic (exact) mass is 250 g/mol. The van der Waals surface area contributed by atoms with Crippen molar-refractivity contribution in [2.45, 2.75) is 33.1 Å². The highest BCUT2D eigenvalue weighted by Crippen LogP contribution is 2.31. The molecule has 0 aliphatic carbocycles. The zero-order valence-electron chi connectivity index (χ0n) is 11.5. The molecule has 0 bridgehead atoms. The Labute approximate surface area is 109 Å². The third-order valence-corrected chi connectivity index (χ3v) is 2.84. The number of benzene rings is 1. The first kappa shape index (κ1) is 14.5. The number of carbonyl (C=O) groups is 1. The van der Waals surface area contributed by atoms with Crippen molar-refractivity contribution in [1.29, 1.82) is 0 Å². The molecule has 0 spiro atoms. The zero-order chi connectivity index (χ0) is 13.7. The van der Waals surface area contributed by atoms with Gasteiger partial charge in [0.05, 0.1) is 7.11 Å². The average Bonchev–Trinajstić information content (AvgIpc) is 2.31. The molecule has 1 aromatic carbocycles. The Kier molecular flexibility index (Phi) is 5.16. The summed E-state index contributed by atoms with van der Waals surface area (Å²) in [5.74, 6) is 1.14. The lowest BCUT2D eigenvalue weighted by Gasteiger charge is -2.16. The second-order valence-corrected chi connectivity index (χ2v) is 4.65. The summed E-state index contributed by atoms with van der Waals surface area (Å²) >= 11 is 0. The molecule has 4 nitrogen and oxygen atoms in total. The van der Waals surface area contributed by atoms with Gasteiger partial charge in [0.2, 0.25) is 5.91 Å². The number of hydrogen-bond donors (Lipinski definition) is 2. The number of methoxy groups -OCH3 is 1. The van der Waals surface area contributed by atoms with Crippen LogP contribution in [0.5, 0.6) is 5.75 Å². The highest BCUT2D eigenvalue weighted by atomic mass is 16.5. The fraction of sp³-hybridized carbons (Fsp3) is 0.500. The quantitative estimate of drug-likeness (QED) is 0.843. The third-order valence-electron chi connectivity index (χ3n) is 2.84. The number of nitrogens with one attached hydrogen (secondary N) is 1. The molecular formula is C14H22N2O2. The second-order valence-electron chi connectivity index (χ2n) is 4.65. The van der Waals surface area contributed by atoms with E-state index < -0.39 is 0 Å². The van der Waals surface area contributed by atoms with E-state index in [1.165, 1.54) is 0 Å². The topological polar surface area (TPSA) is 64.3 Å². The molecule has 4 heteroatoms. The van der Waals surface area contributed by atoms with Crippen LogP contribution >= 0.6 is 0 Å². The normalized spacial score (nSPS) is 10.6. The lowest BCUT2D eigenvalue weighted by molar-refractivity contribution is -0.116. The minimum atomic E-state index is -0.0551. The van der Waals surface area contributed by atoms with E-state index in [1.807, 2.05) is 19.1 Å². The van der Waals surface area contributed by atoms with Crippen molar-refractivity contribution < 1.29 is 9.53 Å². The Morgan fingerprint density at radius 2 is 2.11 bits per heavy atom. The Hall–Kier alpha value is -1.55. The summed E-state index contributed by atoms with van der Waals surface area (Å²) in [6.45, 7) is 6.50. The van der Waals surface area contributed by atoms with Crippen LogP contribution in [0.3, 0.4) is 0 Å². The summed E-state index contributed by atoms with van der Waals surface area (Å²) in [5, 5.41) is 2.88. The summed E-state index contributed by atoms with van der Waals surface area (Å²) in [5.41, 5.74) is 8.27. The molecule has 0 saturated heterocycles. The first-order valence-corrected chi connectivity index (χ1v) is 6.18. The van der Waals surface area contributed by atoms with Gasteiger partial charge in [0.15, 0.2) is 0 Å². The van der Waals surface area contributed by atoms with Crippen LogP contribution in [0.25, 0.3) is 0 Å². The minimum Gasteiger partial charge on any atom is -0.496 e. The van der Waals surface area contributed by atoms with Crippen LogP contribution in [-0.2, 0) is 4.79 Å². The fourth-order valence-corrected chi connectivity index (χ4v) is 1.80. The van der Waals surface area contributed by atoms with E-state index >= 15 is 0 Å². The molecule has 0 aliphatic rings. The standard InChI is InChI=1S/C14H22N2O2/c1-9(2)11-8-12(16-14(17)5-6-15)10(3)7-13(11)18-4/h7-9H,5-6,15H2,1-4H3,(H,16,17). The summed E-state index contributed by atoms with van der Waals surface area (Å²) in [4.78, 5) is 11.6. The van der Waals surface area contributed by atoms with E-state index in [0.29, 0.717) is 18.9 Å². The van der Waals surface area contributed by atoms with Gasteiger partial charge in [-0.25, -0.2) is 0 Å². The van der Waals surface area contributed by atoms with Crippen molar-refractivity contribution in [3.8, 4) is 5.75 Å². The maximum Gasteiger partial charge on any atom is 0.225 e. The number of rotatable bonds is 5. The van der Waals surface area contributed by atoms with Crippen LogP contribution in [0.15, 0.2) is 12.1 Å². The van der Waals surface area contributed by atoms with Crippen molar-refractivity contribution in [2.24, 2.45) is 5.73 Å². The lowest BCUT2D eigenvalue weighted by Crippen LogP contribution is -2.17. The Morgan fingerprint density at radius 3 is 2.61 bits per heavy atom. The van der Waals surface area contributed by atoms with Crippen LogP contribution in [0.1, 0.15) is 37.3 Å². The smallest absolute Gasteiger partial charge is 0.225 e. The van der Waals surface area contributed by atoms with Crippen LogP contribution < -0.4 is 15.8 Å². The van der Waals surface area contributed by atoms with Gasteiger partial charge in [0, 0.05) is 18.7 Å². The molecule has 100 valence electrons. The maximum atomic E-state index is 11.6. The molecule has 0 aliphatic heterocycles. The van der Waals surface area contributed by atoms with E-state index in [0.717, 1.165) is 22.6 Å². The second kappa shape index (κ2) is 6.40. The SMILES string of the molecule is COc1cc(C)c(NC(=O)CCN)cc1C(C)C. The molecule has 1 aromatic rings. The molecule has 0 fully saturated rings. The number of nitrogens with two attached hydrogens (primary N) is 1. The molecule has 18 heavy (non-hydrogen) atoms. The highest BCUT2D eigenvalue weighted by molar-refractivity contribution is 5.91. The van der Waals surface area contributed by atoms with E-state index in [2.05, 4.69) is 19.2 Å². The summed E-state index contributed by atoms with van der Waals surface area (Å²) in [7, 11) is 1.66. The van der Waals surface area contributed by atoms with Crippen LogP contribution in [0.2, 0.25) is 0 Å². The van der Waals surface area contributed by atoms with Gasteiger partial charge in [-0.2, -0.15) is 0 Å². The number of amides is 1. The summed E-state index contributed by atoms with van der Waals surface area (Å²) in [6.07, 6.45) is 0.336. The van der Waals surface area contributed by atoms with Gasteiger partial charge >= 0.3 is 0 Å². The number of aryl methyl sites for hydroxylation is 1. The zero-order valence-corrected chi connectivity index (χ0v) is 11.5. The fourth-order valence-electron chi connectivity index (χ4n) is 1.80. The molecule has 0 aromatic heterocycles. The van der Waals surface area contributed by atoms with Gasteiger partial charge < -0.3 is 15.8 Å². The third kappa shape index (κ3) is 3.47. The van der Waals surface area contributed by atoms with Gasteiger partial charge in [-0.05, 0) is 36.1 Å². The minimum absolute atomic E-state index is 0.0551. The molecule has 0 saturated carbocycles. The predicted octanol–water partition coefficient (Wildman–Crippen LogP) is 2.41. The van der Waals surface area contributed by atoms with Crippen molar-refractivity contribution in [3.05, 3.63) is 23.3 Å². The van der Waals surface area contributed by atoms with Gasteiger partial charge in [-0.3, -0.25) is 4.79 Å². The molecule has 0 radical (unpaired) electrons. The average molecular weight is 250 g/mol. The molecule has 3 N–H and O–H groups in total. The summed E-state index contributed by atoms with van der Waals surface area (Å²) < 4.78 is 5.36. The molecule has 0 unspecified atom stereocenters. The lowest BCUT2D eigenvalue weighted by atomic mass is 9.99. The maximum absolute atomic E-state index is 11.6. The van der Waals surface area contributed by atoms with Gasteiger partial charge in [0.25, 0.3) is 0 Å². The van der Waals surface area contributed by atoms with Gasteiger partial charge in [0.1, 0.15) is 5.75 Å². The van der Waals surface area contributed by atoms with E-state index in [1.54, 1.807) is 7.11 Å². The highest BCUT2D eigenvalue weighted by Gasteiger charge is 2.12. The molecule has 0 heterocycles. The van der Waals surface area contributed by atoms with Crippen LogP contribution in [0.4, 0.5) is 5.69 Å². The van der Waals surface area contributed by atoms with Crippen LogP contribution in [0, 0.1) is 6.92 Å². The Bertz CT molecular complexity index is 428. The van der Waals surface area contributed by atoms with E-state index in [4.69, 9.17) is 10.5 Å². The molecule has 1 amide bonds. The van der Waals surface area contributed by atoms with E-state index in [9.17, 15) is 4.79 Å². The predicted molar refractivity (Wildman–Crippen MR) is 74.1 cm³/mol. The van der Waals surface area contributed by atoms with Crippen molar-refractivity contribution >= 4 is 11.6 Å². The number of hydrogen-bond acceptors (Lipinski definition) is 3. The number of anilines is 1. The van der Waals surface area contributed by atoms with Gasteiger partial charge in [-0.15, -0.1) is 0 Å². The molecular weight excluding hydrogens is 228 g/mol. The number of ether oxygens (including phenoxy) is 1. The molecule has 1 rings (SSSR count). The molecule has 0 atom stereocenters. The Balaban J connectivity index is 3.05. The largest absolute Gasteiger partial charge is 0.496 e. The van der Waals surface area contributed by atoms with Crippen molar-refractivity contribution in [2.75, 3.05) is 19.0 Å². The summed E-state index contributed by atoms with van der Waals surface area (Å²) in [6, 6.07) is 3.93. The van der Waals surface area contributed by atoms with Crippen molar-refractivity contribution in [1.82, 2.24) is 0 Å². The van der Waals surface area contributed by atoms with Crippen molar-refractivity contribution in [3.63, 3.8) is 0 Å². The van der Waals surface area contributed by atoms with E-state index in [-0.39, 0.29) is 5.91 Å². The number of carbonyl (C=O) groups excluding carboxylic acids is 1. The Morgan fingerprint density at radius 1 is 1.44 bits per heavy atom. The van der Waals surface area contributed by atoms with Gasteiger partial charge in [-0.1, -0.05) is 13.8 Å².